The van der Waals surface area contributed by atoms with Crippen molar-refractivity contribution in [3.05, 3.63) is 65.7 Å². The predicted molar refractivity (Wildman–Crippen MR) is 165 cm³/mol. The second kappa shape index (κ2) is 15.9. The van der Waals surface area contributed by atoms with Crippen LogP contribution in [0.25, 0.3) is 0 Å². The van der Waals surface area contributed by atoms with E-state index in [0.29, 0.717) is 38.0 Å². The molecule has 41 heavy (non-hydrogen) atoms. The maximum atomic E-state index is 13.8. The van der Waals surface area contributed by atoms with Gasteiger partial charge in [0.2, 0.25) is 11.8 Å². The summed E-state index contributed by atoms with van der Waals surface area (Å²) in [5, 5.41) is 6.78. The average molecular weight is 563 g/mol. The van der Waals surface area contributed by atoms with E-state index in [1.54, 1.807) is 0 Å². The van der Waals surface area contributed by atoms with Crippen LogP contribution in [-0.2, 0) is 22.6 Å². The highest BCUT2D eigenvalue weighted by atomic mass is 16.5. The van der Waals surface area contributed by atoms with Gasteiger partial charge in [0.05, 0.1) is 6.04 Å². The van der Waals surface area contributed by atoms with E-state index in [2.05, 4.69) is 36.4 Å². The molecule has 0 radical (unpaired) electrons. The molecular formula is C34H50N4O3. The Hall–Kier alpha value is -2.90. The highest BCUT2D eigenvalue weighted by Gasteiger charge is 2.31. The minimum atomic E-state index is -0.604. The number of benzene rings is 2. The van der Waals surface area contributed by atoms with Gasteiger partial charge in [-0.15, -0.1) is 0 Å². The lowest BCUT2D eigenvalue weighted by Gasteiger charge is -2.35. The van der Waals surface area contributed by atoms with Crippen LogP contribution < -0.4 is 15.4 Å². The second-order valence-corrected chi connectivity index (χ2v) is 12.4. The molecule has 2 aromatic rings. The molecular weight excluding hydrogens is 512 g/mol. The van der Waals surface area contributed by atoms with Crippen LogP contribution in [0.4, 0.5) is 0 Å². The first kappa shape index (κ1) is 31.0. The van der Waals surface area contributed by atoms with E-state index in [-0.39, 0.29) is 17.9 Å². The Labute approximate surface area is 247 Å². The summed E-state index contributed by atoms with van der Waals surface area (Å²) in [4.78, 5) is 31.6. The fraction of sp³-hybridized carbons (Fsp3) is 0.588. The summed E-state index contributed by atoms with van der Waals surface area (Å²) in [6, 6.07) is 17.1. The van der Waals surface area contributed by atoms with Crippen LogP contribution in [-0.4, -0.2) is 73.5 Å². The molecule has 0 aromatic heterocycles. The molecule has 1 aliphatic carbocycles. The van der Waals surface area contributed by atoms with Crippen LogP contribution in [0.5, 0.6) is 5.75 Å². The zero-order valence-corrected chi connectivity index (χ0v) is 25.3. The fourth-order valence-electron chi connectivity index (χ4n) is 5.87. The molecule has 2 amide bonds. The third-order valence-electron chi connectivity index (χ3n) is 8.44. The maximum Gasteiger partial charge on any atom is 0.245 e. The highest BCUT2D eigenvalue weighted by Crippen LogP contribution is 2.23. The lowest BCUT2D eigenvalue weighted by atomic mass is 9.89. The number of amides is 2. The van der Waals surface area contributed by atoms with E-state index in [1.807, 2.05) is 59.5 Å². The molecule has 0 bridgehead atoms. The summed E-state index contributed by atoms with van der Waals surface area (Å²) < 4.78 is 5.96. The number of ether oxygens (including phenoxy) is 1. The molecule has 1 aliphatic heterocycles. The Bertz CT molecular complexity index is 1060. The van der Waals surface area contributed by atoms with E-state index in [0.717, 1.165) is 42.9 Å². The van der Waals surface area contributed by atoms with E-state index in [4.69, 9.17) is 4.74 Å². The largest absolute Gasteiger partial charge is 0.489 e. The zero-order chi connectivity index (χ0) is 29.0. The van der Waals surface area contributed by atoms with Crippen molar-refractivity contribution in [1.29, 1.82) is 0 Å². The Morgan fingerprint density at radius 2 is 1.56 bits per heavy atom. The molecule has 1 saturated heterocycles. The highest BCUT2D eigenvalue weighted by molar-refractivity contribution is 5.90. The first-order chi connectivity index (χ1) is 19.9. The maximum absolute atomic E-state index is 13.8. The summed E-state index contributed by atoms with van der Waals surface area (Å²) in [7, 11) is 2.08. The first-order valence-corrected chi connectivity index (χ1v) is 15.6. The number of hydrogen-bond acceptors (Lipinski definition) is 5. The van der Waals surface area contributed by atoms with Crippen molar-refractivity contribution in [3.63, 3.8) is 0 Å². The van der Waals surface area contributed by atoms with E-state index in [9.17, 15) is 9.59 Å². The number of carbonyl (C=O) groups is 2. The lowest BCUT2D eigenvalue weighted by molar-refractivity contribution is -0.138. The molecule has 2 N–H and O–H groups in total. The number of rotatable bonds is 13. The first-order valence-electron chi connectivity index (χ1n) is 15.6. The molecule has 0 spiro atoms. The van der Waals surface area contributed by atoms with E-state index >= 15 is 0 Å². The molecule has 1 heterocycles. The standard InChI is InChI=1S/C34H50N4O3/c1-26(2)22-31(35-24-28-10-6-4-7-11-28)33(39)36-32(34(40)38-20-18-37(3)19-21-38)23-27-14-16-30(17-15-27)41-25-29-12-8-5-9-13-29/h5,8-9,12-17,26,28,31-32,35H,4,6-7,10-11,18-25H2,1-3H3,(H,36,39)/t31-,32-/m0/s1. The topological polar surface area (TPSA) is 73.9 Å². The summed E-state index contributed by atoms with van der Waals surface area (Å²) in [6.45, 7) is 8.73. The lowest BCUT2D eigenvalue weighted by Crippen LogP contribution is -2.57. The minimum absolute atomic E-state index is 0.00596. The Kier molecular flexibility index (Phi) is 12.1. The smallest absolute Gasteiger partial charge is 0.245 e. The van der Waals surface area contributed by atoms with Crippen LogP contribution in [0.1, 0.15) is 63.5 Å². The van der Waals surface area contributed by atoms with Crippen molar-refractivity contribution in [3.8, 4) is 5.75 Å². The van der Waals surface area contributed by atoms with Gasteiger partial charge in [-0.25, -0.2) is 0 Å². The summed E-state index contributed by atoms with van der Waals surface area (Å²) >= 11 is 0. The van der Waals surface area contributed by atoms with Crippen LogP contribution in [0.3, 0.4) is 0 Å². The molecule has 2 aromatic carbocycles. The van der Waals surface area contributed by atoms with Crippen molar-refractivity contribution in [1.82, 2.24) is 20.4 Å². The summed E-state index contributed by atoms with van der Waals surface area (Å²) in [5.74, 6) is 1.74. The van der Waals surface area contributed by atoms with Gasteiger partial charge in [-0.2, -0.15) is 0 Å². The predicted octanol–water partition coefficient (Wildman–Crippen LogP) is 4.65. The number of likely N-dealkylation sites (N-methyl/N-ethyl adjacent to an activating group) is 1. The van der Waals surface area contributed by atoms with Gasteiger partial charge in [-0.1, -0.05) is 75.6 Å². The second-order valence-electron chi connectivity index (χ2n) is 12.4. The van der Waals surface area contributed by atoms with Crippen LogP contribution in [0.15, 0.2) is 54.6 Å². The van der Waals surface area contributed by atoms with E-state index in [1.165, 1.54) is 32.1 Å². The molecule has 4 rings (SSSR count). The minimum Gasteiger partial charge on any atom is -0.489 e. The third-order valence-corrected chi connectivity index (χ3v) is 8.44. The number of hydrogen-bond donors (Lipinski definition) is 2. The number of nitrogens with one attached hydrogen (secondary N) is 2. The number of carbonyl (C=O) groups excluding carboxylic acids is 2. The number of nitrogens with zero attached hydrogens (tertiary/aromatic N) is 2. The van der Waals surface area contributed by atoms with E-state index < -0.39 is 6.04 Å². The molecule has 1 saturated carbocycles. The SMILES string of the molecule is CC(C)C[C@H](NCC1CCCCC1)C(=O)N[C@@H](Cc1ccc(OCc2ccccc2)cc1)C(=O)N1CCN(C)CC1. The fourth-order valence-corrected chi connectivity index (χ4v) is 5.87. The van der Waals surface area contributed by atoms with Crippen LogP contribution >= 0.6 is 0 Å². The Morgan fingerprint density at radius 1 is 0.878 bits per heavy atom. The van der Waals surface area contributed by atoms with Gasteiger partial charge < -0.3 is 25.2 Å². The van der Waals surface area contributed by atoms with Crippen LogP contribution in [0, 0.1) is 11.8 Å². The molecule has 2 atom stereocenters. The van der Waals surface area contributed by atoms with Crippen LogP contribution in [0.2, 0.25) is 0 Å². The van der Waals surface area contributed by atoms with Crippen molar-refractivity contribution >= 4 is 11.8 Å². The van der Waals surface area contributed by atoms with Gasteiger partial charge in [-0.05, 0) is 68.0 Å². The summed E-state index contributed by atoms with van der Waals surface area (Å²) in [6.07, 6.45) is 7.56. The third kappa shape index (κ3) is 10.2. The zero-order valence-electron chi connectivity index (χ0n) is 25.3. The van der Waals surface area contributed by atoms with Gasteiger partial charge in [0.25, 0.3) is 0 Å². The van der Waals surface area contributed by atoms with Gasteiger partial charge in [0.15, 0.2) is 0 Å². The molecule has 7 nitrogen and oxygen atoms in total. The summed E-state index contributed by atoms with van der Waals surface area (Å²) in [5.41, 5.74) is 2.12. The molecule has 7 heteroatoms. The molecule has 224 valence electrons. The van der Waals surface area contributed by atoms with Crippen molar-refractivity contribution in [2.24, 2.45) is 11.8 Å². The number of piperazine rings is 1. The van der Waals surface area contributed by atoms with Crippen molar-refractivity contribution < 1.29 is 14.3 Å². The normalized spacial score (nSPS) is 18.2. The molecule has 2 fully saturated rings. The van der Waals surface area contributed by atoms with Gasteiger partial charge in [0, 0.05) is 32.6 Å². The van der Waals surface area contributed by atoms with Gasteiger partial charge >= 0.3 is 0 Å². The van der Waals surface area contributed by atoms with Gasteiger partial charge in [0.1, 0.15) is 18.4 Å². The quantitative estimate of drug-likeness (QED) is 0.372. The van der Waals surface area contributed by atoms with Crippen molar-refractivity contribution in [2.45, 2.75) is 77.5 Å². The Morgan fingerprint density at radius 3 is 2.22 bits per heavy atom. The molecule has 0 unspecified atom stereocenters. The Balaban J connectivity index is 1.42. The average Bonchev–Trinajstić information content (AvgIpc) is 2.99. The molecule has 2 aliphatic rings. The van der Waals surface area contributed by atoms with Gasteiger partial charge in [-0.3, -0.25) is 9.59 Å². The monoisotopic (exact) mass is 562 g/mol. The van der Waals surface area contributed by atoms with Crippen molar-refractivity contribution in [2.75, 3.05) is 39.8 Å².